The van der Waals surface area contributed by atoms with E-state index in [1.165, 1.54) is 12.5 Å². The van der Waals surface area contributed by atoms with Gasteiger partial charge in [-0.15, -0.1) is 0 Å². The number of rotatable bonds is 6. The summed E-state index contributed by atoms with van der Waals surface area (Å²) in [5, 5.41) is 18.8. The summed E-state index contributed by atoms with van der Waals surface area (Å²) in [5.74, 6) is -1.03. The number of aromatic hydroxyl groups is 1. The molecule has 3 rings (SSSR count). The Morgan fingerprint density at radius 1 is 1.20 bits per heavy atom. The maximum Gasteiger partial charge on any atom is 0.339 e. The number of aromatic carboxylic acids is 1. The Morgan fingerprint density at radius 2 is 2.04 bits per heavy atom. The fraction of sp³-hybridized carbons (Fsp3) is 0.579. The van der Waals surface area contributed by atoms with Crippen molar-refractivity contribution < 1.29 is 19.8 Å². The fourth-order valence-corrected chi connectivity index (χ4v) is 3.93. The van der Waals surface area contributed by atoms with Gasteiger partial charge in [0.1, 0.15) is 11.3 Å². The SMILES string of the molecule is O=C(O)c1cc(CN2CCCCC2CCN2CCCC2=O)ccc1O. The van der Waals surface area contributed by atoms with Gasteiger partial charge in [0.15, 0.2) is 0 Å². The molecule has 6 nitrogen and oxygen atoms in total. The number of benzene rings is 1. The van der Waals surface area contributed by atoms with E-state index in [9.17, 15) is 14.7 Å². The zero-order chi connectivity index (χ0) is 17.8. The van der Waals surface area contributed by atoms with E-state index >= 15 is 0 Å². The number of amides is 1. The van der Waals surface area contributed by atoms with Gasteiger partial charge < -0.3 is 15.1 Å². The van der Waals surface area contributed by atoms with Gasteiger partial charge in [0.25, 0.3) is 0 Å². The summed E-state index contributed by atoms with van der Waals surface area (Å²) < 4.78 is 0. The van der Waals surface area contributed by atoms with Crippen molar-refractivity contribution in [2.45, 2.75) is 51.1 Å². The second kappa shape index (κ2) is 7.87. The Hall–Kier alpha value is -2.08. The lowest BCUT2D eigenvalue weighted by Crippen LogP contribution is -2.41. The Labute approximate surface area is 148 Å². The van der Waals surface area contributed by atoms with Gasteiger partial charge in [-0.25, -0.2) is 4.79 Å². The number of phenols is 1. The molecule has 1 aromatic rings. The molecule has 0 bridgehead atoms. The van der Waals surface area contributed by atoms with Crippen LogP contribution in [0.25, 0.3) is 0 Å². The Kier molecular flexibility index (Phi) is 5.58. The number of nitrogens with zero attached hydrogens (tertiary/aromatic N) is 2. The van der Waals surface area contributed by atoms with Crippen LogP contribution in [0.15, 0.2) is 18.2 Å². The van der Waals surface area contributed by atoms with E-state index in [0.717, 1.165) is 50.9 Å². The highest BCUT2D eigenvalue weighted by Gasteiger charge is 2.26. The summed E-state index contributed by atoms with van der Waals surface area (Å²) in [6, 6.07) is 5.23. The first-order valence-corrected chi connectivity index (χ1v) is 9.11. The van der Waals surface area contributed by atoms with Crippen LogP contribution in [0.4, 0.5) is 0 Å². The van der Waals surface area contributed by atoms with Gasteiger partial charge in [0, 0.05) is 32.1 Å². The Morgan fingerprint density at radius 3 is 2.76 bits per heavy atom. The van der Waals surface area contributed by atoms with Crippen molar-refractivity contribution in [3.63, 3.8) is 0 Å². The van der Waals surface area contributed by atoms with Crippen molar-refractivity contribution in [3.8, 4) is 5.75 Å². The van der Waals surface area contributed by atoms with Crippen molar-refractivity contribution in [1.29, 1.82) is 0 Å². The zero-order valence-corrected chi connectivity index (χ0v) is 14.5. The van der Waals surface area contributed by atoms with Crippen LogP contribution in [-0.4, -0.2) is 57.6 Å². The highest BCUT2D eigenvalue weighted by molar-refractivity contribution is 5.90. The van der Waals surface area contributed by atoms with E-state index in [0.29, 0.717) is 19.0 Å². The van der Waals surface area contributed by atoms with Crippen molar-refractivity contribution in [2.24, 2.45) is 0 Å². The quantitative estimate of drug-likeness (QED) is 0.827. The molecule has 2 fully saturated rings. The molecule has 2 aliphatic heterocycles. The minimum absolute atomic E-state index is 0.0475. The van der Waals surface area contributed by atoms with Gasteiger partial charge in [-0.05, 0) is 49.9 Å². The van der Waals surface area contributed by atoms with E-state index in [2.05, 4.69) is 4.90 Å². The maximum absolute atomic E-state index is 11.8. The molecule has 0 aliphatic carbocycles. The van der Waals surface area contributed by atoms with Crippen LogP contribution in [0, 0.1) is 0 Å². The second-order valence-corrected chi connectivity index (χ2v) is 7.05. The number of piperidine rings is 1. The standard InChI is InChI=1S/C19H26N2O4/c22-17-7-6-14(12-16(17)19(24)25)13-21-9-2-1-4-15(21)8-11-20-10-3-5-18(20)23/h6-7,12,15,22H,1-5,8-11,13H2,(H,24,25). The van der Waals surface area contributed by atoms with Crippen LogP contribution in [0.1, 0.15) is 54.4 Å². The van der Waals surface area contributed by atoms with Gasteiger partial charge in [0.05, 0.1) is 0 Å². The molecule has 2 saturated heterocycles. The van der Waals surface area contributed by atoms with Crippen LogP contribution in [0.2, 0.25) is 0 Å². The first-order chi connectivity index (χ1) is 12.0. The second-order valence-electron chi connectivity index (χ2n) is 7.05. The van der Waals surface area contributed by atoms with Crippen molar-refractivity contribution in [3.05, 3.63) is 29.3 Å². The highest BCUT2D eigenvalue weighted by atomic mass is 16.4. The average Bonchev–Trinajstić information content (AvgIpc) is 3.00. The van der Waals surface area contributed by atoms with E-state index in [4.69, 9.17) is 5.11 Å². The van der Waals surface area contributed by atoms with E-state index in [1.54, 1.807) is 12.1 Å². The third kappa shape index (κ3) is 4.31. The minimum Gasteiger partial charge on any atom is -0.507 e. The van der Waals surface area contributed by atoms with E-state index in [1.807, 2.05) is 4.90 Å². The largest absolute Gasteiger partial charge is 0.507 e. The number of hydrogen-bond acceptors (Lipinski definition) is 4. The van der Waals surface area contributed by atoms with Gasteiger partial charge in [0.2, 0.25) is 5.91 Å². The van der Waals surface area contributed by atoms with E-state index < -0.39 is 5.97 Å². The molecular weight excluding hydrogens is 320 g/mol. The third-order valence-electron chi connectivity index (χ3n) is 5.33. The minimum atomic E-state index is -1.11. The summed E-state index contributed by atoms with van der Waals surface area (Å²) in [4.78, 5) is 27.3. The molecule has 25 heavy (non-hydrogen) atoms. The number of likely N-dealkylation sites (tertiary alicyclic amines) is 2. The van der Waals surface area contributed by atoms with Crippen LogP contribution in [-0.2, 0) is 11.3 Å². The molecule has 1 atom stereocenters. The van der Waals surface area contributed by atoms with E-state index in [-0.39, 0.29) is 17.2 Å². The first-order valence-electron chi connectivity index (χ1n) is 9.11. The lowest BCUT2D eigenvalue weighted by Gasteiger charge is -2.36. The third-order valence-corrected chi connectivity index (χ3v) is 5.33. The predicted octanol–water partition coefficient (Wildman–Crippen LogP) is 2.46. The molecular formula is C19H26N2O4. The van der Waals surface area contributed by atoms with Crippen LogP contribution < -0.4 is 0 Å². The Bertz CT molecular complexity index is 646. The molecule has 1 unspecified atom stereocenters. The molecule has 136 valence electrons. The molecule has 2 heterocycles. The number of carbonyl (C=O) groups excluding carboxylic acids is 1. The number of carboxylic acid groups (broad SMARTS) is 1. The number of carboxylic acids is 1. The van der Waals surface area contributed by atoms with Gasteiger partial charge in [-0.3, -0.25) is 9.69 Å². The Balaban J connectivity index is 1.63. The molecule has 0 saturated carbocycles. The molecule has 6 heteroatoms. The summed E-state index contributed by atoms with van der Waals surface area (Å²) >= 11 is 0. The zero-order valence-electron chi connectivity index (χ0n) is 14.5. The van der Waals surface area contributed by atoms with Gasteiger partial charge in [-0.2, -0.15) is 0 Å². The van der Waals surface area contributed by atoms with Gasteiger partial charge in [-0.1, -0.05) is 12.5 Å². The summed E-state index contributed by atoms with van der Waals surface area (Å²) in [7, 11) is 0. The predicted molar refractivity (Wildman–Crippen MR) is 93.5 cm³/mol. The van der Waals surface area contributed by atoms with Crippen LogP contribution in [0.3, 0.4) is 0 Å². The van der Waals surface area contributed by atoms with Crippen molar-refractivity contribution in [2.75, 3.05) is 19.6 Å². The molecule has 0 aromatic heterocycles. The molecule has 2 N–H and O–H groups in total. The molecule has 2 aliphatic rings. The average molecular weight is 346 g/mol. The molecule has 1 aromatic carbocycles. The molecule has 0 radical (unpaired) electrons. The monoisotopic (exact) mass is 346 g/mol. The maximum atomic E-state index is 11.8. The van der Waals surface area contributed by atoms with Crippen molar-refractivity contribution in [1.82, 2.24) is 9.80 Å². The topological polar surface area (TPSA) is 81.1 Å². The molecule has 1 amide bonds. The van der Waals surface area contributed by atoms with Crippen LogP contribution >= 0.6 is 0 Å². The first kappa shape index (κ1) is 17.7. The molecule has 0 spiro atoms. The lowest BCUT2D eigenvalue weighted by atomic mass is 9.98. The number of carbonyl (C=O) groups is 2. The summed E-state index contributed by atoms with van der Waals surface area (Å²) in [6.45, 7) is 3.36. The summed E-state index contributed by atoms with van der Waals surface area (Å²) in [6.07, 6.45) is 6.08. The number of hydrogen-bond donors (Lipinski definition) is 2. The lowest BCUT2D eigenvalue weighted by molar-refractivity contribution is -0.127. The normalized spacial score (nSPS) is 21.7. The fourth-order valence-electron chi connectivity index (χ4n) is 3.93. The van der Waals surface area contributed by atoms with Crippen LogP contribution in [0.5, 0.6) is 5.75 Å². The smallest absolute Gasteiger partial charge is 0.339 e. The summed E-state index contributed by atoms with van der Waals surface area (Å²) in [5.41, 5.74) is 0.855. The van der Waals surface area contributed by atoms with Crippen molar-refractivity contribution >= 4 is 11.9 Å². The van der Waals surface area contributed by atoms with Gasteiger partial charge >= 0.3 is 5.97 Å². The highest BCUT2D eigenvalue weighted by Crippen LogP contribution is 2.25.